The van der Waals surface area contributed by atoms with Crippen molar-refractivity contribution in [3.8, 4) is 0 Å². The molecule has 0 aromatic rings. The Bertz CT molecular complexity index is 136. The molecule has 0 aliphatic carbocycles. The van der Waals surface area contributed by atoms with E-state index in [0.717, 1.165) is 0 Å². The van der Waals surface area contributed by atoms with Crippen molar-refractivity contribution in [1.82, 2.24) is 0 Å². The molecule has 1 heteroatoms. The molecule has 10 heavy (non-hydrogen) atoms. The number of aliphatic hydroxyl groups is 1. The van der Waals surface area contributed by atoms with Crippen LogP contribution in [0.4, 0.5) is 0 Å². The van der Waals surface area contributed by atoms with Gasteiger partial charge in [0.2, 0.25) is 0 Å². The van der Waals surface area contributed by atoms with E-state index in [2.05, 4.69) is 19.6 Å². The summed E-state index contributed by atoms with van der Waals surface area (Å²) in [6.45, 7) is 9.48. The average Bonchev–Trinajstić information content (AvgIpc) is 1.87. The summed E-state index contributed by atoms with van der Waals surface area (Å²) in [5.41, 5.74) is 0. The molecule has 0 spiro atoms. The predicted molar refractivity (Wildman–Crippen MR) is 44.9 cm³/mol. The first kappa shape index (κ1) is 9.28. The lowest BCUT2D eigenvalue weighted by atomic mass is 9.94. The Morgan fingerprint density at radius 2 is 2.00 bits per heavy atom. The predicted octanol–water partition coefficient (Wildman–Crippen LogP) is 2.91. The molecule has 0 bridgehead atoms. The van der Waals surface area contributed by atoms with Crippen LogP contribution in [-0.4, -0.2) is 5.11 Å². The molecule has 0 radical (unpaired) electrons. The van der Waals surface area contributed by atoms with Crippen molar-refractivity contribution in [2.24, 2.45) is 11.8 Å². The summed E-state index contributed by atoms with van der Waals surface area (Å²) in [6.07, 6.45) is 4.05. The normalized spacial score (nSPS) is 17.1. The minimum absolute atomic E-state index is 0.163. The van der Waals surface area contributed by atoms with E-state index in [1.165, 1.54) is 0 Å². The summed E-state index contributed by atoms with van der Waals surface area (Å²) in [5.74, 6) is 0.810. The van der Waals surface area contributed by atoms with Crippen LogP contribution in [0.5, 0.6) is 0 Å². The molecule has 58 valence electrons. The van der Waals surface area contributed by atoms with Crippen LogP contribution >= 0.6 is 0 Å². The first-order valence-electron chi connectivity index (χ1n) is 3.60. The first-order chi connectivity index (χ1) is 4.59. The first-order valence-corrected chi connectivity index (χ1v) is 3.60. The van der Waals surface area contributed by atoms with Gasteiger partial charge in [-0.1, -0.05) is 32.6 Å². The summed E-state index contributed by atoms with van der Waals surface area (Å²) in [5, 5.41) is 8.99. The van der Waals surface area contributed by atoms with Gasteiger partial charge in [0, 0.05) is 5.92 Å². The molecule has 0 saturated heterocycles. The molecule has 0 aliphatic rings. The minimum Gasteiger partial charge on any atom is -0.513 e. The Kier molecular flexibility index (Phi) is 3.85. The van der Waals surface area contributed by atoms with Crippen LogP contribution in [0.1, 0.15) is 20.8 Å². The molecule has 0 aliphatic heterocycles. The molecule has 1 N–H and O–H groups in total. The van der Waals surface area contributed by atoms with Gasteiger partial charge in [-0.15, -0.1) is 0 Å². The maximum absolute atomic E-state index is 8.99. The van der Waals surface area contributed by atoms with Crippen LogP contribution < -0.4 is 0 Å². The second kappa shape index (κ2) is 4.15. The smallest absolute Gasteiger partial charge is 0.0884 e. The van der Waals surface area contributed by atoms with Crippen molar-refractivity contribution < 1.29 is 5.11 Å². The highest BCUT2D eigenvalue weighted by molar-refractivity contribution is 4.96. The molecular weight excluding hydrogens is 124 g/mol. The van der Waals surface area contributed by atoms with E-state index in [-0.39, 0.29) is 11.7 Å². The fraction of sp³-hybridized carbons (Fsp3) is 0.556. The van der Waals surface area contributed by atoms with Gasteiger partial charge >= 0.3 is 0 Å². The zero-order valence-electron chi connectivity index (χ0n) is 6.96. The van der Waals surface area contributed by atoms with Crippen molar-refractivity contribution in [3.05, 3.63) is 24.5 Å². The third-order valence-electron chi connectivity index (χ3n) is 1.81. The van der Waals surface area contributed by atoms with Gasteiger partial charge in [-0.2, -0.15) is 0 Å². The van der Waals surface area contributed by atoms with E-state index < -0.39 is 0 Å². The van der Waals surface area contributed by atoms with Gasteiger partial charge in [0.25, 0.3) is 0 Å². The third-order valence-corrected chi connectivity index (χ3v) is 1.81. The molecule has 2 atom stereocenters. The Morgan fingerprint density at radius 1 is 1.50 bits per heavy atom. The zero-order chi connectivity index (χ0) is 8.15. The summed E-state index contributed by atoms with van der Waals surface area (Å²) >= 11 is 0. The molecule has 0 amide bonds. The van der Waals surface area contributed by atoms with Crippen LogP contribution in [0.15, 0.2) is 24.5 Å². The van der Waals surface area contributed by atoms with Crippen LogP contribution in [0.2, 0.25) is 0 Å². The van der Waals surface area contributed by atoms with Crippen molar-refractivity contribution in [2.75, 3.05) is 0 Å². The SMILES string of the molecule is C=C(O)C(C)C(C)/C=C\C. The lowest BCUT2D eigenvalue weighted by Crippen LogP contribution is -2.06. The van der Waals surface area contributed by atoms with Crippen LogP contribution in [0.3, 0.4) is 0 Å². The lowest BCUT2D eigenvalue weighted by molar-refractivity contribution is 0.312. The van der Waals surface area contributed by atoms with Crippen molar-refractivity contribution in [3.63, 3.8) is 0 Å². The molecule has 2 unspecified atom stereocenters. The molecule has 0 heterocycles. The standard InChI is InChI=1S/C9H16O/c1-5-6-7(2)8(3)9(4)10/h5-8,10H,4H2,1-3H3/b6-5-. The van der Waals surface area contributed by atoms with Crippen molar-refractivity contribution in [1.29, 1.82) is 0 Å². The van der Waals surface area contributed by atoms with Crippen molar-refractivity contribution in [2.45, 2.75) is 20.8 Å². The van der Waals surface area contributed by atoms with Crippen molar-refractivity contribution >= 4 is 0 Å². The van der Waals surface area contributed by atoms with Crippen LogP contribution in [0, 0.1) is 11.8 Å². The Hall–Kier alpha value is -0.720. The number of rotatable bonds is 3. The van der Waals surface area contributed by atoms with Gasteiger partial charge in [-0.25, -0.2) is 0 Å². The third kappa shape index (κ3) is 2.72. The quantitative estimate of drug-likeness (QED) is 0.472. The highest BCUT2D eigenvalue weighted by atomic mass is 16.3. The van der Waals surface area contributed by atoms with E-state index in [1.54, 1.807) is 0 Å². The second-order valence-corrected chi connectivity index (χ2v) is 2.66. The Balaban J connectivity index is 3.93. The summed E-state index contributed by atoms with van der Waals surface area (Å²) in [7, 11) is 0. The van der Waals surface area contributed by atoms with E-state index >= 15 is 0 Å². The van der Waals surface area contributed by atoms with E-state index in [1.807, 2.05) is 19.9 Å². The van der Waals surface area contributed by atoms with E-state index in [4.69, 9.17) is 5.11 Å². The Morgan fingerprint density at radius 3 is 2.30 bits per heavy atom. The average molecular weight is 140 g/mol. The summed E-state index contributed by atoms with van der Waals surface area (Å²) < 4.78 is 0. The number of allylic oxidation sites excluding steroid dienone is 3. The van der Waals surface area contributed by atoms with Crippen LogP contribution in [0.25, 0.3) is 0 Å². The maximum atomic E-state index is 8.99. The van der Waals surface area contributed by atoms with E-state index in [9.17, 15) is 0 Å². The molecule has 0 rings (SSSR count). The topological polar surface area (TPSA) is 20.2 Å². The fourth-order valence-electron chi connectivity index (χ4n) is 0.774. The monoisotopic (exact) mass is 140 g/mol. The highest BCUT2D eigenvalue weighted by Crippen LogP contribution is 2.17. The summed E-state index contributed by atoms with van der Waals surface area (Å²) in [6, 6.07) is 0. The Labute approximate surface area is 63.1 Å². The lowest BCUT2D eigenvalue weighted by Gasteiger charge is -2.13. The van der Waals surface area contributed by atoms with Gasteiger partial charge < -0.3 is 5.11 Å². The molecular formula is C9H16O. The summed E-state index contributed by atoms with van der Waals surface area (Å²) in [4.78, 5) is 0. The second-order valence-electron chi connectivity index (χ2n) is 2.66. The van der Waals surface area contributed by atoms with Crippen LogP contribution in [-0.2, 0) is 0 Å². The molecule has 0 saturated carbocycles. The number of hydrogen-bond acceptors (Lipinski definition) is 1. The van der Waals surface area contributed by atoms with Gasteiger partial charge in [-0.05, 0) is 12.8 Å². The highest BCUT2D eigenvalue weighted by Gasteiger charge is 2.10. The zero-order valence-corrected chi connectivity index (χ0v) is 6.96. The minimum atomic E-state index is 0.163. The molecule has 0 aromatic heterocycles. The number of hydrogen-bond donors (Lipinski definition) is 1. The van der Waals surface area contributed by atoms with Gasteiger partial charge in [-0.3, -0.25) is 0 Å². The molecule has 0 aromatic carbocycles. The van der Waals surface area contributed by atoms with Gasteiger partial charge in [0.15, 0.2) is 0 Å². The van der Waals surface area contributed by atoms with Gasteiger partial charge in [0.1, 0.15) is 0 Å². The number of aliphatic hydroxyl groups excluding tert-OH is 1. The molecule has 0 fully saturated rings. The fourth-order valence-corrected chi connectivity index (χ4v) is 0.774. The maximum Gasteiger partial charge on any atom is 0.0884 e. The largest absolute Gasteiger partial charge is 0.513 e. The molecule has 1 nitrogen and oxygen atoms in total. The van der Waals surface area contributed by atoms with Gasteiger partial charge in [0.05, 0.1) is 5.76 Å². The van der Waals surface area contributed by atoms with E-state index in [0.29, 0.717) is 5.92 Å².